The Kier molecular flexibility index (Phi) is 14.9. The molecule has 5 rings (SSSR count). The normalized spacial score (nSPS) is 10.6. The van der Waals surface area contributed by atoms with E-state index in [1.807, 2.05) is 0 Å². The van der Waals surface area contributed by atoms with Gasteiger partial charge in [-0.1, -0.05) is 0 Å². The minimum absolute atomic E-state index is 0.0836. The molecule has 17 nitrogen and oxygen atoms in total. The van der Waals surface area contributed by atoms with Crippen LogP contribution in [0.2, 0.25) is 0 Å². The van der Waals surface area contributed by atoms with Crippen LogP contribution in [0.15, 0.2) is 91.0 Å². The highest BCUT2D eigenvalue weighted by atomic mass is 31.2. The monoisotopic (exact) mass is 833 g/mol. The zero-order valence-corrected chi connectivity index (χ0v) is 32.8. The summed E-state index contributed by atoms with van der Waals surface area (Å²) in [7, 11) is 0.439. The van der Waals surface area contributed by atoms with Gasteiger partial charge in [-0.15, -0.1) is 0 Å². The van der Waals surface area contributed by atoms with Crippen LogP contribution in [0.25, 0.3) is 0 Å². The van der Waals surface area contributed by atoms with Gasteiger partial charge in [0.15, 0.2) is 46.0 Å². The first-order valence-corrected chi connectivity index (χ1v) is 18.8. The van der Waals surface area contributed by atoms with Crippen LogP contribution in [0.3, 0.4) is 0 Å². The maximum Gasteiger partial charge on any atom is 0.530 e. The summed E-state index contributed by atoms with van der Waals surface area (Å²) in [5, 5.41) is 12.0. The molecule has 19 heteroatoms. The molecule has 0 N–H and O–H groups in total. The van der Waals surface area contributed by atoms with E-state index in [0.717, 1.165) is 6.07 Å². The molecule has 0 saturated carbocycles. The van der Waals surface area contributed by atoms with Crippen LogP contribution >= 0.6 is 17.2 Å². The van der Waals surface area contributed by atoms with Crippen molar-refractivity contribution in [3.63, 3.8) is 0 Å². The van der Waals surface area contributed by atoms with E-state index in [2.05, 4.69) is 0 Å². The number of methoxy groups -OCH3 is 4. The second kappa shape index (κ2) is 20.4. The summed E-state index contributed by atoms with van der Waals surface area (Å²) >= 11 is 0. The predicted molar refractivity (Wildman–Crippen MR) is 208 cm³/mol. The molecular weight excluding hydrogens is 800 g/mol. The van der Waals surface area contributed by atoms with Crippen molar-refractivity contribution < 1.29 is 70.2 Å². The summed E-state index contributed by atoms with van der Waals surface area (Å²) in [4.78, 5) is 57.2. The Bertz CT molecular complexity index is 2160. The van der Waals surface area contributed by atoms with Crippen LogP contribution in [0, 0.1) is 10.1 Å². The zero-order valence-electron chi connectivity index (χ0n) is 31.1. The SMILES string of the molecule is COc1cc(C=O)ccc1OP(OCc1ccc([N+](=O)[O-])cc1OP(Oc1ccc(C=O)cc1OC)Oc1ccc(C=O)cc1OC)Oc1ccc(C=O)cc1OC. The van der Waals surface area contributed by atoms with Crippen molar-refractivity contribution in [2.75, 3.05) is 28.4 Å². The lowest BCUT2D eigenvalue weighted by Gasteiger charge is -2.22. The fourth-order valence-electron chi connectivity index (χ4n) is 4.84. The third-order valence-corrected chi connectivity index (χ3v) is 9.82. The van der Waals surface area contributed by atoms with Crippen LogP contribution in [0.1, 0.15) is 47.0 Å². The molecule has 5 aromatic carbocycles. The van der Waals surface area contributed by atoms with E-state index in [1.165, 1.54) is 113 Å². The van der Waals surface area contributed by atoms with Gasteiger partial charge in [-0.25, -0.2) is 0 Å². The van der Waals surface area contributed by atoms with Crippen LogP contribution in [0.5, 0.6) is 51.7 Å². The summed E-state index contributed by atoms with van der Waals surface area (Å²) in [5.74, 6) is 0.963. The molecule has 0 saturated heterocycles. The molecule has 0 radical (unpaired) electrons. The first-order chi connectivity index (χ1) is 28.1. The molecule has 0 aliphatic rings. The van der Waals surface area contributed by atoms with Gasteiger partial charge in [-0.3, -0.25) is 33.8 Å². The average Bonchev–Trinajstić information content (AvgIpc) is 3.25. The number of aldehydes is 4. The van der Waals surface area contributed by atoms with Crippen molar-refractivity contribution in [1.82, 2.24) is 0 Å². The fourth-order valence-corrected chi connectivity index (χ4v) is 6.92. The molecule has 300 valence electrons. The van der Waals surface area contributed by atoms with Crippen molar-refractivity contribution in [3.05, 3.63) is 129 Å². The third-order valence-electron chi connectivity index (χ3n) is 7.75. The molecule has 0 heterocycles. The summed E-state index contributed by atoms with van der Waals surface area (Å²) in [6, 6.07) is 21.2. The quantitative estimate of drug-likeness (QED) is 0.0277. The molecule has 5 aromatic rings. The van der Waals surface area contributed by atoms with Crippen molar-refractivity contribution in [3.8, 4) is 51.7 Å². The Morgan fingerprint density at radius 1 is 0.466 bits per heavy atom. The highest BCUT2D eigenvalue weighted by Crippen LogP contribution is 2.51. The molecule has 0 fully saturated rings. The minimum Gasteiger partial charge on any atom is -0.493 e. The minimum atomic E-state index is -2.60. The topological polar surface area (TPSA) is 204 Å². The van der Waals surface area contributed by atoms with E-state index in [4.69, 9.17) is 46.1 Å². The van der Waals surface area contributed by atoms with E-state index in [0.29, 0.717) is 36.3 Å². The van der Waals surface area contributed by atoms with Crippen LogP contribution in [-0.4, -0.2) is 58.5 Å². The lowest BCUT2D eigenvalue weighted by Crippen LogP contribution is -2.07. The molecule has 0 aliphatic heterocycles. The van der Waals surface area contributed by atoms with Gasteiger partial charge in [0.1, 0.15) is 30.9 Å². The Morgan fingerprint density at radius 2 is 0.810 bits per heavy atom. The Labute approximate surface area is 333 Å². The third kappa shape index (κ3) is 10.7. The lowest BCUT2D eigenvalue weighted by atomic mass is 10.2. The maximum absolute atomic E-state index is 12.0. The van der Waals surface area contributed by atoms with Gasteiger partial charge in [0, 0.05) is 33.9 Å². The average molecular weight is 834 g/mol. The van der Waals surface area contributed by atoms with Gasteiger partial charge in [-0.05, 0) is 78.9 Å². The van der Waals surface area contributed by atoms with Crippen LogP contribution in [-0.2, 0) is 11.1 Å². The molecular formula is C39H33NO16P2. The second-order valence-electron chi connectivity index (χ2n) is 11.3. The molecule has 0 atom stereocenters. The molecule has 0 bridgehead atoms. The predicted octanol–water partition coefficient (Wildman–Crippen LogP) is 8.54. The van der Waals surface area contributed by atoms with Crippen LogP contribution < -0.4 is 41.6 Å². The second-order valence-corrected chi connectivity index (χ2v) is 13.4. The number of nitro groups is 1. The number of nitro benzene ring substituents is 1. The van der Waals surface area contributed by atoms with E-state index in [1.54, 1.807) is 0 Å². The summed E-state index contributed by atoms with van der Waals surface area (Å²) in [6.07, 6.45) is 2.50. The highest BCUT2D eigenvalue weighted by molar-refractivity contribution is 7.43. The zero-order chi connectivity index (χ0) is 41.6. The number of nitrogens with zero attached hydrogens (tertiary/aromatic N) is 1. The largest absolute Gasteiger partial charge is 0.530 e. The summed E-state index contributed by atoms with van der Waals surface area (Å²) in [6.45, 7) is -0.361. The number of ether oxygens (including phenoxy) is 4. The Balaban J connectivity index is 1.53. The van der Waals surface area contributed by atoms with E-state index in [9.17, 15) is 29.3 Å². The Hall–Kier alpha value is -6.80. The van der Waals surface area contributed by atoms with Gasteiger partial charge in [0.25, 0.3) is 5.69 Å². The number of rotatable bonds is 22. The summed E-state index contributed by atoms with van der Waals surface area (Å²) < 4.78 is 58.7. The molecule has 0 unspecified atom stereocenters. The summed E-state index contributed by atoms with van der Waals surface area (Å²) in [5.41, 5.74) is 1.06. The standard InChI is InChI=1S/C39H33NO16P2/c1-47-36-15-25(20-41)5-11-31(36)52-57(53-32-12-6-26(21-42)16-37(32)48-2)51-24-29-9-10-30(40(45)46)19-35(29)56-58(54-33-13-7-27(22-43)17-38(33)49-3)55-34-14-8-28(23-44)18-39(34)50-4/h5-23H,24H2,1-4H3. The number of non-ortho nitro benzene ring substituents is 1. The Morgan fingerprint density at radius 3 is 1.14 bits per heavy atom. The number of carbonyl (C=O) groups excluding carboxylic acids is 4. The number of hydrogen-bond acceptors (Lipinski definition) is 16. The molecule has 0 amide bonds. The van der Waals surface area contributed by atoms with Gasteiger partial charge in [0.05, 0.1) is 46.0 Å². The van der Waals surface area contributed by atoms with Crippen molar-refractivity contribution >= 4 is 48.0 Å². The smallest absolute Gasteiger partial charge is 0.493 e. The van der Waals surface area contributed by atoms with Crippen LogP contribution in [0.4, 0.5) is 5.69 Å². The van der Waals surface area contributed by atoms with Gasteiger partial charge in [-0.2, -0.15) is 0 Å². The van der Waals surface area contributed by atoms with Crippen molar-refractivity contribution in [1.29, 1.82) is 0 Å². The number of benzene rings is 5. The van der Waals surface area contributed by atoms with Gasteiger partial charge < -0.3 is 41.6 Å². The highest BCUT2D eigenvalue weighted by Gasteiger charge is 2.28. The fraction of sp³-hybridized carbons (Fsp3) is 0.128. The lowest BCUT2D eigenvalue weighted by molar-refractivity contribution is -0.384. The number of hydrogen-bond donors (Lipinski definition) is 0. The maximum atomic E-state index is 12.0. The first kappa shape index (κ1) is 42.3. The molecule has 0 aromatic heterocycles. The molecule has 0 spiro atoms. The molecule has 58 heavy (non-hydrogen) atoms. The molecule has 0 aliphatic carbocycles. The van der Waals surface area contributed by atoms with E-state index in [-0.39, 0.29) is 80.7 Å². The first-order valence-electron chi connectivity index (χ1n) is 16.6. The van der Waals surface area contributed by atoms with E-state index >= 15 is 0 Å². The van der Waals surface area contributed by atoms with Gasteiger partial charge in [0.2, 0.25) is 0 Å². The van der Waals surface area contributed by atoms with Crippen molar-refractivity contribution in [2.24, 2.45) is 0 Å². The van der Waals surface area contributed by atoms with Gasteiger partial charge >= 0.3 is 17.2 Å². The number of carbonyl (C=O) groups is 4. The van der Waals surface area contributed by atoms with E-state index < -0.39 is 22.1 Å². The van der Waals surface area contributed by atoms with Crippen molar-refractivity contribution in [2.45, 2.75) is 6.61 Å².